The van der Waals surface area contributed by atoms with E-state index >= 15 is 0 Å². The van der Waals surface area contributed by atoms with Crippen LogP contribution >= 0.6 is 0 Å². The van der Waals surface area contributed by atoms with Crippen LogP contribution in [-0.4, -0.2) is 69.1 Å². The van der Waals surface area contributed by atoms with E-state index in [1.165, 1.54) is 11.1 Å². The molecule has 5 rings (SSSR count). The number of aliphatic hydroxyl groups excluding tert-OH is 1. The fourth-order valence-corrected chi connectivity index (χ4v) is 5.55. The number of morpholine rings is 1. The second-order valence-corrected chi connectivity index (χ2v) is 11.1. The largest absolute Gasteiger partial charge is 0.506 e. The summed E-state index contributed by atoms with van der Waals surface area (Å²) in [5.41, 5.74) is 8.26. The van der Waals surface area contributed by atoms with E-state index in [4.69, 9.17) is 9.72 Å². The molecule has 0 unspecified atom stereocenters. The Morgan fingerprint density at radius 1 is 0.927 bits per heavy atom. The van der Waals surface area contributed by atoms with Gasteiger partial charge in [0, 0.05) is 44.0 Å². The Bertz CT molecular complexity index is 1440. The molecule has 8 nitrogen and oxygen atoms in total. The zero-order chi connectivity index (χ0) is 28.6. The van der Waals surface area contributed by atoms with Gasteiger partial charge in [-0.15, -0.1) is 0 Å². The molecule has 41 heavy (non-hydrogen) atoms. The minimum absolute atomic E-state index is 0.189. The number of aromatic nitrogens is 3. The Balaban J connectivity index is 1.37. The van der Waals surface area contributed by atoms with E-state index in [1.807, 2.05) is 13.0 Å². The number of nitrogens with one attached hydrogen (secondary N) is 1. The number of aliphatic hydroxyl groups is 1. The fraction of sp³-hybridized carbons (Fsp3) is 0.455. The van der Waals surface area contributed by atoms with Gasteiger partial charge in [-0.25, -0.2) is 4.98 Å². The Kier molecular flexibility index (Phi) is 9.88. The lowest BCUT2D eigenvalue weighted by atomic mass is 10.0. The van der Waals surface area contributed by atoms with Crippen molar-refractivity contribution in [3.8, 4) is 5.75 Å². The second-order valence-electron chi connectivity index (χ2n) is 11.1. The monoisotopic (exact) mass is 557 g/mol. The molecular formula is C33H43N5O3. The van der Waals surface area contributed by atoms with Crippen LogP contribution in [0.1, 0.15) is 53.2 Å². The van der Waals surface area contributed by atoms with Crippen molar-refractivity contribution in [3.05, 3.63) is 82.4 Å². The molecule has 1 aliphatic rings. The number of fused-ring (bicyclic) bond motifs is 1. The maximum atomic E-state index is 10.6. The standard InChI is InChI=1S/C33H43N5O3/c1-24-8-11-27(6-5-17-39)29(20-24)34-22-26-10-12-28-31(21-26)38(23-30-32(40)13-9-25(2)35-30)33(36-28)7-3-4-14-37-15-18-41-19-16-37/h8-13,20-21,34,39-40H,3-7,14-19,22-23H2,1-2H3. The SMILES string of the molecule is Cc1ccc(CCCO)c(NCc2ccc3nc(CCCCN4CCOCC4)n(Cc4nc(C)ccc4O)c3c2)c1. The van der Waals surface area contributed by atoms with Crippen LogP contribution in [0.5, 0.6) is 5.75 Å². The Labute approximate surface area is 243 Å². The molecule has 1 aliphatic heterocycles. The van der Waals surface area contributed by atoms with E-state index in [-0.39, 0.29) is 12.4 Å². The third-order valence-electron chi connectivity index (χ3n) is 7.87. The number of nitrogens with zero attached hydrogens (tertiary/aromatic N) is 4. The first-order valence-electron chi connectivity index (χ1n) is 14.9. The number of benzene rings is 2. The molecule has 3 heterocycles. The molecule has 0 aliphatic carbocycles. The van der Waals surface area contributed by atoms with Crippen LogP contribution in [0.3, 0.4) is 0 Å². The molecule has 0 atom stereocenters. The smallest absolute Gasteiger partial charge is 0.138 e. The van der Waals surface area contributed by atoms with Crippen LogP contribution in [0.4, 0.5) is 5.69 Å². The number of pyridine rings is 1. The van der Waals surface area contributed by atoms with Gasteiger partial charge in [-0.05, 0) is 93.1 Å². The summed E-state index contributed by atoms with van der Waals surface area (Å²) in [5, 5.41) is 23.5. The minimum atomic E-state index is 0.189. The van der Waals surface area contributed by atoms with E-state index in [2.05, 4.69) is 63.1 Å². The van der Waals surface area contributed by atoms with E-state index in [1.54, 1.807) is 6.07 Å². The lowest BCUT2D eigenvalue weighted by Gasteiger charge is -2.26. The number of hydrogen-bond donors (Lipinski definition) is 3. The van der Waals surface area contributed by atoms with E-state index in [9.17, 15) is 10.2 Å². The number of anilines is 1. The maximum absolute atomic E-state index is 10.6. The van der Waals surface area contributed by atoms with Gasteiger partial charge in [-0.1, -0.05) is 18.2 Å². The van der Waals surface area contributed by atoms with Crippen molar-refractivity contribution < 1.29 is 14.9 Å². The normalized spacial score (nSPS) is 14.1. The first-order valence-corrected chi connectivity index (χ1v) is 14.9. The number of aryl methyl sites for hydroxylation is 4. The molecule has 0 spiro atoms. The zero-order valence-corrected chi connectivity index (χ0v) is 24.4. The summed E-state index contributed by atoms with van der Waals surface area (Å²) < 4.78 is 7.71. The van der Waals surface area contributed by atoms with Gasteiger partial charge in [-0.2, -0.15) is 0 Å². The van der Waals surface area contributed by atoms with Gasteiger partial charge in [0.15, 0.2) is 0 Å². The van der Waals surface area contributed by atoms with Crippen molar-refractivity contribution in [2.45, 2.75) is 59.0 Å². The molecule has 1 saturated heterocycles. The van der Waals surface area contributed by atoms with E-state index in [0.29, 0.717) is 18.8 Å². The molecule has 218 valence electrons. The molecule has 0 radical (unpaired) electrons. The molecule has 0 saturated carbocycles. The van der Waals surface area contributed by atoms with Crippen LogP contribution in [0.15, 0.2) is 48.5 Å². The highest BCUT2D eigenvalue weighted by Gasteiger charge is 2.16. The van der Waals surface area contributed by atoms with Crippen LogP contribution in [0, 0.1) is 13.8 Å². The summed E-state index contributed by atoms with van der Waals surface area (Å²) in [5.74, 6) is 1.24. The van der Waals surface area contributed by atoms with Crippen molar-refractivity contribution in [1.29, 1.82) is 0 Å². The van der Waals surface area contributed by atoms with Crippen molar-refractivity contribution in [2.24, 2.45) is 0 Å². The quantitative estimate of drug-likeness (QED) is 0.199. The summed E-state index contributed by atoms with van der Waals surface area (Å²) >= 11 is 0. The van der Waals surface area contributed by atoms with Crippen molar-refractivity contribution >= 4 is 16.7 Å². The molecule has 4 aromatic rings. The third-order valence-corrected chi connectivity index (χ3v) is 7.87. The Morgan fingerprint density at radius 3 is 2.61 bits per heavy atom. The lowest BCUT2D eigenvalue weighted by molar-refractivity contribution is 0.0372. The molecule has 0 amide bonds. The Morgan fingerprint density at radius 2 is 1.78 bits per heavy atom. The molecule has 3 N–H and O–H groups in total. The third kappa shape index (κ3) is 7.64. The topological polar surface area (TPSA) is 95.7 Å². The van der Waals surface area contributed by atoms with Crippen LogP contribution in [0.2, 0.25) is 0 Å². The average Bonchev–Trinajstić information content (AvgIpc) is 3.32. The van der Waals surface area contributed by atoms with Crippen LogP contribution < -0.4 is 5.32 Å². The van der Waals surface area contributed by atoms with Gasteiger partial charge in [0.25, 0.3) is 0 Å². The summed E-state index contributed by atoms with van der Waals surface area (Å²) in [6.45, 7) is 10.2. The average molecular weight is 558 g/mol. The minimum Gasteiger partial charge on any atom is -0.506 e. The summed E-state index contributed by atoms with van der Waals surface area (Å²) in [4.78, 5) is 12.2. The van der Waals surface area contributed by atoms with Gasteiger partial charge in [0.05, 0.1) is 30.8 Å². The highest BCUT2D eigenvalue weighted by molar-refractivity contribution is 5.77. The molecule has 2 aromatic heterocycles. The highest BCUT2D eigenvalue weighted by atomic mass is 16.5. The molecule has 8 heteroatoms. The maximum Gasteiger partial charge on any atom is 0.138 e. The Hall–Kier alpha value is -3.46. The molecular weight excluding hydrogens is 514 g/mol. The van der Waals surface area contributed by atoms with Crippen molar-refractivity contribution in [1.82, 2.24) is 19.4 Å². The van der Waals surface area contributed by atoms with Gasteiger partial charge < -0.3 is 24.8 Å². The predicted molar refractivity (Wildman–Crippen MR) is 164 cm³/mol. The molecule has 0 bridgehead atoms. The highest BCUT2D eigenvalue weighted by Crippen LogP contribution is 2.25. The van der Waals surface area contributed by atoms with Gasteiger partial charge in [-0.3, -0.25) is 9.88 Å². The van der Waals surface area contributed by atoms with Crippen molar-refractivity contribution in [3.63, 3.8) is 0 Å². The van der Waals surface area contributed by atoms with Gasteiger partial charge in [0.2, 0.25) is 0 Å². The molecule has 2 aromatic carbocycles. The lowest BCUT2D eigenvalue weighted by Crippen LogP contribution is -2.36. The first-order chi connectivity index (χ1) is 20.0. The summed E-state index contributed by atoms with van der Waals surface area (Å²) in [6.07, 6.45) is 4.62. The summed E-state index contributed by atoms with van der Waals surface area (Å²) in [7, 11) is 0. The van der Waals surface area contributed by atoms with E-state index in [0.717, 1.165) is 98.8 Å². The number of imidazole rings is 1. The van der Waals surface area contributed by atoms with E-state index < -0.39 is 0 Å². The molecule has 1 fully saturated rings. The van der Waals surface area contributed by atoms with Gasteiger partial charge in [0.1, 0.15) is 17.3 Å². The summed E-state index contributed by atoms with van der Waals surface area (Å²) in [6, 6.07) is 16.5. The van der Waals surface area contributed by atoms with Crippen LogP contribution in [0.25, 0.3) is 11.0 Å². The number of ether oxygens (including phenoxy) is 1. The zero-order valence-electron chi connectivity index (χ0n) is 24.4. The predicted octanol–water partition coefficient (Wildman–Crippen LogP) is 4.99. The first kappa shape index (κ1) is 29.0. The second kappa shape index (κ2) is 13.9. The van der Waals surface area contributed by atoms with Crippen molar-refractivity contribution in [2.75, 3.05) is 44.8 Å². The number of aromatic hydroxyl groups is 1. The number of unbranched alkanes of at least 4 members (excludes halogenated alkanes) is 1. The fourth-order valence-electron chi connectivity index (χ4n) is 5.55. The van der Waals surface area contributed by atoms with Gasteiger partial charge >= 0.3 is 0 Å². The number of hydrogen-bond acceptors (Lipinski definition) is 7. The van der Waals surface area contributed by atoms with Crippen LogP contribution in [-0.2, 0) is 30.7 Å². The number of rotatable bonds is 13.